The van der Waals surface area contributed by atoms with E-state index in [9.17, 15) is 9.90 Å². The minimum atomic E-state index is -0.970. The summed E-state index contributed by atoms with van der Waals surface area (Å²) in [5.41, 5.74) is -0.353. The summed E-state index contributed by atoms with van der Waals surface area (Å²) in [5, 5.41) is 25.5. The summed E-state index contributed by atoms with van der Waals surface area (Å²) in [5.74, 6) is -0.258. The number of aromatic nitrogens is 4. The number of thiophene rings is 1. The molecule has 3 rings (SSSR count). The number of rotatable bonds is 4. The zero-order valence-electron chi connectivity index (χ0n) is 10.5. The Bertz CT molecular complexity index is 591. The van der Waals surface area contributed by atoms with Crippen LogP contribution in [0.15, 0.2) is 17.8 Å². The summed E-state index contributed by atoms with van der Waals surface area (Å²) in [6.45, 7) is 0.928. The zero-order chi connectivity index (χ0) is 14.0. The Balaban J connectivity index is 1.70. The van der Waals surface area contributed by atoms with Crippen LogP contribution in [0.3, 0.4) is 0 Å². The Morgan fingerprint density at radius 3 is 3.25 bits per heavy atom. The van der Waals surface area contributed by atoms with Crippen LogP contribution in [0.2, 0.25) is 0 Å². The molecule has 1 aliphatic rings. The number of nitrogens with zero attached hydrogens (tertiary/aromatic N) is 4. The second-order valence-corrected chi connectivity index (χ2v) is 5.52. The first-order chi connectivity index (χ1) is 9.68. The lowest BCUT2D eigenvalue weighted by atomic mass is 10.0. The quantitative estimate of drug-likeness (QED) is 0.796. The average molecular weight is 295 g/mol. The van der Waals surface area contributed by atoms with Crippen molar-refractivity contribution in [2.45, 2.75) is 12.0 Å². The van der Waals surface area contributed by atoms with Crippen molar-refractivity contribution in [3.63, 3.8) is 0 Å². The maximum absolute atomic E-state index is 12.2. The van der Waals surface area contributed by atoms with Gasteiger partial charge in [-0.3, -0.25) is 4.79 Å². The number of nitrogens with one attached hydrogen (secondary N) is 1. The number of carbonyl (C=O) groups is 1. The van der Waals surface area contributed by atoms with Crippen molar-refractivity contribution in [3.05, 3.63) is 22.7 Å². The molecule has 0 aliphatic carbocycles. The highest BCUT2D eigenvalue weighted by Gasteiger charge is 2.33. The fraction of sp³-hybridized carbons (Fsp3) is 0.455. The zero-order valence-corrected chi connectivity index (χ0v) is 11.3. The molecule has 1 unspecified atom stereocenters. The summed E-state index contributed by atoms with van der Waals surface area (Å²) < 4.78 is 6.57. The molecule has 1 amide bonds. The second kappa shape index (κ2) is 5.27. The van der Waals surface area contributed by atoms with E-state index in [0.29, 0.717) is 23.6 Å². The van der Waals surface area contributed by atoms with Crippen molar-refractivity contribution in [3.8, 4) is 5.69 Å². The Labute approximate surface area is 118 Å². The molecule has 1 fully saturated rings. The van der Waals surface area contributed by atoms with Gasteiger partial charge in [-0.05, 0) is 21.9 Å². The largest absolute Gasteiger partial charge is 0.386 e. The van der Waals surface area contributed by atoms with Crippen LogP contribution in [0.5, 0.6) is 0 Å². The second-order valence-electron chi connectivity index (χ2n) is 4.60. The summed E-state index contributed by atoms with van der Waals surface area (Å²) in [6.07, 6.45) is 1.95. The van der Waals surface area contributed by atoms with Gasteiger partial charge in [-0.15, -0.1) is 16.4 Å². The van der Waals surface area contributed by atoms with Crippen molar-refractivity contribution in [1.29, 1.82) is 0 Å². The maximum Gasteiger partial charge on any atom is 0.263 e. The van der Waals surface area contributed by atoms with Crippen molar-refractivity contribution < 1.29 is 14.6 Å². The fourth-order valence-corrected chi connectivity index (χ4v) is 2.78. The van der Waals surface area contributed by atoms with Gasteiger partial charge in [-0.1, -0.05) is 0 Å². The Morgan fingerprint density at radius 2 is 2.55 bits per heavy atom. The lowest BCUT2D eigenvalue weighted by molar-refractivity contribution is 0.0265. The molecule has 106 valence electrons. The van der Waals surface area contributed by atoms with Gasteiger partial charge in [-0.25, -0.2) is 0 Å². The number of hydrogen-bond acceptors (Lipinski definition) is 7. The van der Waals surface area contributed by atoms with E-state index in [2.05, 4.69) is 20.8 Å². The molecule has 2 aromatic heterocycles. The van der Waals surface area contributed by atoms with Crippen LogP contribution in [0.1, 0.15) is 16.1 Å². The number of ether oxygens (including phenoxy) is 1. The molecule has 1 saturated heterocycles. The van der Waals surface area contributed by atoms with E-state index in [0.717, 1.165) is 0 Å². The molecule has 2 N–H and O–H groups in total. The predicted octanol–water partition coefficient (Wildman–Crippen LogP) is -0.395. The molecular weight excluding hydrogens is 282 g/mol. The maximum atomic E-state index is 12.2. The molecule has 20 heavy (non-hydrogen) atoms. The summed E-state index contributed by atoms with van der Waals surface area (Å²) in [6, 6.07) is 1.77. The SMILES string of the molecule is O=C(NCC1(O)CCOC1)c1sccc1-n1cnnn1. The van der Waals surface area contributed by atoms with Gasteiger partial charge in [0.2, 0.25) is 0 Å². The van der Waals surface area contributed by atoms with Crippen LogP contribution in [0.25, 0.3) is 5.69 Å². The van der Waals surface area contributed by atoms with Gasteiger partial charge in [0.15, 0.2) is 0 Å². The standard InChI is InChI=1S/C11H13N5O3S/c17-10(12-5-11(18)2-3-19-6-11)9-8(1-4-20-9)16-7-13-14-15-16/h1,4,7,18H,2-3,5-6H2,(H,12,17). The Kier molecular flexibility index (Phi) is 3.47. The van der Waals surface area contributed by atoms with Gasteiger partial charge in [0.1, 0.15) is 16.8 Å². The summed E-state index contributed by atoms with van der Waals surface area (Å²) >= 11 is 1.30. The van der Waals surface area contributed by atoms with E-state index in [1.807, 2.05) is 0 Å². The highest BCUT2D eigenvalue weighted by atomic mass is 32.1. The predicted molar refractivity (Wildman–Crippen MR) is 69.8 cm³/mol. The van der Waals surface area contributed by atoms with Crippen molar-refractivity contribution in [2.75, 3.05) is 19.8 Å². The van der Waals surface area contributed by atoms with Crippen LogP contribution in [-0.2, 0) is 4.74 Å². The highest BCUT2D eigenvalue weighted by molar-refractivity contribution is 7.12. The first-order valence-electron chi connectivity index (χ1n) is 6.07. The molecule has 0 radical (unpaired) electrons. The molecule has 0 bridgehead atoms. The fourth-order valence-electron chi connectivity index (χ4n) is 1.99. The van der Waals surface area contributed by atoms with E-state index in [1.165, 1.54) is 22.3 Å². The average Bonchev–Trinajstić information content (AvgIpc) is 3.16. The van der Waals surface area contributed by atoms with E-state index >= 15 is 0 Å². The third-order valence-corrected chi connectivity index (χ3v) is 4.01. The van der Waals surface area contributed by atoms with Gasteiger partial charge in [-0.2, -0.15) is 4.68 Å². The molecule has 3 heterocycles. The minimum absolute atomic E-state index is 0.165. The molecular formula is C11H13N5O3S. The first-order valence-corrected chi connectivity index (χ1v) is 6.95. The lowest BCUT2D eigenvalue weighted by Gasteiger charge is -2.20. The van der Waals surface area contributed by atoms with Crippen LogP contribution >= 0.6 is 11.3 Å². The molecule has 8 nitrogen and oxygen atoms in total. The summed E-state index contributed by atoms with van der Waals surface area (Å²) in [4.78, 5) is 12.7. The van der Waals surface area contributed by atoms with Gasteiger partial charge < -0.3 is 15.2 Å². The molecule has 9 heteroatoms. The van der Waals surface area contributed by atoms with Crippen LogP contribution in [0.4, 0.5) is 0 Å². The molecule has 0 aromatic carbocycles. The Morgan fingerprint density at radius 1 is 1.65 bits per heavy atom. The number of tetrazole rings is 1. The molecule has 1 atom stereocenters. The lowest BCUT2D eigenvalue weighted by Crippen LogP contribution is -2.43. The van der Waals surface area contributed by atoms with Crippen molar-refractivity contribution >= 4 is 17.2 Å². The third-order valence-electron chi connectivity index (χ3n) is 3.11. The van der Waals surface area contributed by atoms with Gasteiger partial charge in [0.25, 0.3) is 5.91 Å². The van der Waals surface area contributed by atoms with E-state index < -0.39 is 5.60 Å². The van der Waals surface area contributed by atoms with Crippen molar-refractivity contribution in [2.24, 2.45) is 0 Å². The number of amides is 1. The van der Waals surface area contributed by atoms with E-state index in [-0.39, 0.29) is 19.1 Å². The van der Waals surface area contributed by atoms with Gasteiger partial charge in [0.05, 0.1) is 12.3 Å². The van der Waals surface area contributed by atoms with E-state index in [4.69, 9.17) is 4.74 Å². The topological polar surface area (TPSA) is 102 Å². The smallest absolute Gasteiger partial charge is 0.263 e. The van der Waals surface area contributed by atoms with Gasteiger partial charge >= 0.3 is 0 Å². The third kappa shape index (κ3) is 2.55. The molecule has 0 saturated carbocycles. The number of aliphatic hydroxyl groups is 1. The van der Waals surface area contributed by atoms with Crippen LogP contribution in [0, 0.1) is 0 Å². The van der Waals surface area contributed by atoms with Crippen molar-refractivity contribution in [1.82, 2.24) is 25.5 Å². The number of hydrogen-bond donors (Lipinski definition) is 2. The minimum Gasteiger partial charge on any atom is -0.386 e. The van der Waals surface area contributed by atoms with Crippen LogP contribution < -0.4 is 5.32 Å². The first kappa shape index (κ1) is 13.2. The number of carbonyl (C=O) groups excluding carboxylic acids is 1. The molecule has 2 aromatic rings. The highest BCUT2D eigenvalue weighted by Crippen LogP contribution is 2.21. The molecule has 1 aliphatic heterocycles. The summed E-state index contributed by atoms with van der Waals surface area (Å²) in [7, 11) is 0. The molecule has 0 spiro atoms. The van der Waals surface area contributed by atoms with E-state index in [1.54, 1.807) is 11.4 Å². The normalized spacial score (nSPS) is 22.1. The van der Waals surface area contributed by atoms with Crippen LogP contribution in [-0.4, -0.2) is 56.6 Å². The van der Waals surface area contributed by atoms with Gasteiger partial charge in [0, 0.05) is 19.6 Å². The monoisotopic (exact) mass is 295 g/mol. The Hall–Kier alpha value is -1.84.